The van der Waals surface area contributed by atoms with Gasteiger partial charge in [0.1, 0.15) is 0 Å². The van der Waals surface area contributed by atoms with Crippen LogP contribution in [0.4, 0.5) is 0 Å². The molecule has 0 bridgehead atoms. The average molecular weight is 389 g/mol. The van der Waals surface area contributed by atoms with Crippen molar-refractivity contribution >= 4 is 0 Å². The summed E-state index contributed by atoms with van der Waals surface area (Å²) >= 11 is 0. The second-order valence-electron chi connectivity index (χ2n) is 8.26. The molecular weight excluding hydrogens is 362 g/mol. The molecule has 2 atom stereocenters. The van der Waals surface area contributed by atoms with Gasteiger partial charge in [0.25, 0.3) is 0 Å². The van der Waals surface area contributed by atoms with Crippen LogP contribution in [0, 0.1) is 5.92 Å². The molecule has 1 aromatic carbocycles. The minimum absolute atomic E-state index is 0.178. The summed E-state index contributed by atoms with van der Waals surface area (Å²) in [4.78, 5) is 8.65. The lowest BCUT2D eigenvalue weighted by atomic mass is 9.81. The van der Waals surface area contributed by atoms with E-state index in [9.17, 15) is 5.11 Å². The first-order chi connectivity index (χ1) is 14.3. The van der Waals surface area contributed by atoms with E-state index in [2.05, 4.69) is 38.8 Å². The quantitative estimate of drug-likeness (QED) is 0.680. The van der Waals surface area contributed by atoms with Crippen LogP contribution in [0.3, 0.4) is 0 Å². The molecule has 1 fully saturated rings. The number of hydrogen-bond donors (Lipinski definition) is 1. The van der Waals surface area contributed by atoms with Gasteiger partial charge >= 0.3 is 0 Å². The molecule has 0 amide bonds. The lowest BCUT2D eigenvalue weighted by molar-refractivity contribution is -0.0170. The molecule has 1 N–H and O–H groups in total. The Kier molecular flexibility index (Phi) is 5.17. The van der Waals surface area contributed by atoms with E-state index in [4.69, 9.17) is 4.74 Å². The minimum Gasteiger partial charge on any atom is -0.393 e. The zero-order valence-electron chi connectivity index (χ0n) is 16.5. The Labute approximate surface area is 171 Å². The van der Waals surface area contributed by atoms with Gasteiger partial charge in [-0.3, -0.25) is 4.98 Å². The maximum atomic E-state index is 11.0. The summed E-state index contributed by atoms with van der Waals surface area (Å²) in [5, 5.41) is 11.0. The highest BCUT2D eigenvalue weighted by atomic mass is 16.5. The third-order valence-corrected chi connectivity index (χ3v) is 6.52. The predicted octanol–water partition coefficient (Wildman–Crippen LogP) is 4.37. The highest BCUT2D eigenvalue weighted by molar-refractivity contribution is 5.68. The van der Waals surface area contributed by atoms with Crippen molar-refractivity contribution in [1.82, 2.24) is 14.5 Å². The number of imidazole rings is 1. The van der Waals surface area contributed by atoms with Crippen molar-refractivity contribution in [3.63, 3.8) is 0 Å². The Balaban J connectivity index is 1.17. The standard InChI is InChI=1S/C24H27N3O2/c28-24(13-22-20-6-1-2-7-21(20)23-14-25-16-27(22)23)17-8-10-19(11-9-17)29-15-18-5-3-4-12-26-18/h1-7,12,14,16-17,19,22,24,28H,8-11,13,15H2. The van der Waals surface area contributed by atoms with Crippen LogP contribution in [-0.2, 0) is 11.3 Å². The van der Waals surface area contributed by atoms with Crippen LogP contribution in [-0.4, -0.2) is 31.8 Å². The molecule has 0 radical (unpaired) electrons. The van der Waals surface area contributed by atoms with Crippen LogP contribution < -0.4 is 0 Å². The van der Waals surface area contributed by atoms with Crippen LogP contribution in [0.25, 0.3) is 11.3 Å². The summed E-state index contributed by atoms with van der Waals surface area (Å²) < 4.78 is 8.27. The van der Waals surface area contributed by atoms with Crippen molar-refractivity contribution in [2.24, 2.45) is 5.92 Å². The molecule has 5 nitrogen and oxygen atoms in total. The minimum atomic E-state index is -0.307. The highest BCUT2D eigenvalue weighted by Gasteiger charge is 2.33. The summed E-state index contributed by atoms with van der Waals surface area (Å²) in [6.45, 7) is 0.570. The highest BCUT2D eigenvalue weighted by Crippen LogP contribution is 2.42. The first-order valence-corrected chi connectivity index (χ1v) is 10.6. The Hall–Kier alpha value is -2.50. The number of pyridine rings is 1. The van der Waals surface area contributed by atoms with Gasteiger partial charge in [0, 0.05) is 11.8 Å². The van der Waals surface area contributed by atoms with Gasteiger partial charge in [-0.05, 0) is 55.7 Å². The van der Waals surface area contributed by atoms with Crippen LogP contribution in [0.1, 0.15) is 49.4 Å². The smallest absolute Gasteiger partial charge is 0.0956 e. The molecule has 5 rings (SSSR count). The molecule has 2 unspecified atom stereocenters. The lowest BCUT2D eigenvalue weighted by Crippen LogP contribution is -2.30. The van der Waals surface area contributed by atoms with Crippen LogP contribution >= 0.6 is 0 Å². The van der Waals surface area contributed by atoms with Crippen LogP contribution in [0.15, 0.2) is 61.2 Å². The van der Waals surface area contributed by atoms with Crippen LogP contribution in [0.5, 0.6) is 0 Å². The monoisotopic (exact) mass is 389 g/mol. The van der Waals surface area contributed by atoms with E-state index in [1.807, 2.05) is 30.7 Å². The van der Waals surface area contributed by atoms with E-state index in [1.54, 1.807) is 6.20 Å². The Morgan fingerprint density at radius 1 is 1.07 bits per heavy atom. The number of rotatable bonds is 6. The molecule has 0 spiro atoms. The topological polar surface area (TPSA) is 60.2 Å². The largest absolute Gasteiger partial charge is 0.393 e. The van der Waals surface area contributed by atoms with E-state index < -0.39 is 0 Å². The van der Waals surface area contributed by atoms with E-state index in [1.165, 1.54) is 11.1 Å². The number of benzene rings is 1. The van der Waals surface area contributed by atoms with Gasteiger partial charge in [-0.25, -0.2) is 4.98 Å². The van der Waals surface area contributed by atoms with Gasteiger partial charge in [0.15, 0.2) is 0 Å². The normalized spacial score (nSPS) is 24.1. The Morgan fingerprint density at radius 2 is 1.90 bits per heavy atom. The molecule has 150 valence electrons. The van der Waals surface area contributed by atoms with Crippen molar-refractivity contribution in [2.45, 2.75) is 57.0 Å². The molecule has 1 aliphatic heterocycles. The molecule has 2 aliphatic rings. The van der Waals surface area contributed by atoms with Gasteiger partial charge in [0.2, 0.25) is 0 Å². The Morgan fingerprint density at radius 3 is 2.72 bits per heavy atom. The molecule has 3 aromatic rings. The van der Waals surface area contributed by atoms with E-state index in [0.29, 0.717) is 12.5 Å². The van der Waals surface area contributed by atoms with Gasteiger partial charge < -0.3 is 14.4 Å². The first-order valence-electron chi connectivity index (χ1n) is 10.6. The molecule has 2 aromatic heterocycles. The van der Waals surface area contributed by atoms with Crippen molar-refractivity contribution < 1.29 is 9.84 Å². The predicted molar refractivity (Wildman–Crippen MR) is 111 cm³/mol. The third-order valence-electron chi connectivity index (χ3n) is 6.52. The zero-order valence-corrected chi connectivity index (χ0v) is 16.5. The third kappa shape index (κ3) is 3.72. The number of aliphatic hydroxyl groups is 1. The maximum Gasteiger partial charge on any atom is 0.0956 e. The fourth-order valence-corrected chi connectivity index (χ4v) is 4.92. The number of aliphatic hydroxyl groups excluding tert-OH is 1. The fourth-order valence-electron chi connectivity index (χ4n) is 4.92. The molecule has 1 saturated carbocycles. The maximum absolute atomic E-state index is 11.0. The molecular formula is C24H27N3O2. The SMILES string of the molecule is OC(CC1c2ccccc2-c2cncn21)C1CCC(OCc2ccccn2)CC1. The second kappa shape index (κ2) is 8.09. The van der Waals surface area contributed by atoms with E-state index >= 15 is 0 Å². The first kappa shape index (κ1) is 18.5. The summed E-state index contributed by atoms with van der Waals surface area (Å²) in [7, 11) is 0. The van der Waals surface area contributed by atoms with Gasteiger partial charge in [-0.2, -0.15) is 0 Å². The van der Waals surface area contributed by atoms with E-state index in [0.717, 1.165) is 43.5 Å². The van der Waals surface area contributed by atoms with Crippen molar-refractivity contribution in [3.05, 3.63) is 72.4 Å². The van der Waals surface area contributed by atoms with Gasteiger partial charge in [0.05, 0.1) is 48.8 Å². The molecule has 3 heterocycles. The van der Waals surface area contributed by atoms with Gasteiger partial charge in [-0.1, -0.05) is 30.3 Å². The number of nitrogens with zero attached hydrogens (tertiary/aromatic N) is 3. The van der Waals surface area contributed by atoms with Gasteiger partial charge in [-0.15, -0.1) is 0 Å². The number of hydrogen-bond acceptors (Lipinski definition) is 4. The van der Waals surface area contributed by atoms with Crippen molar-refractivity contribution in [1.29, 1.82) is 0 Å². The molecule has 29 heavy (non-hydrogen) atoms. The summed E-state index contributed by atoms with van der Waals surface area (Å²) in [6, 6.07) is 14.6. The number of ether oxygens (including phenoxy) is 1. The Bertz CT molecular complexity index is 948. The van der Waals surface area contributed by atoms with Crippen molar-refractivity contribution in [3.8, 4) is 11.3 Å². The average Bonchev–Trinajstić information content (AvgIpc) is 3.36. The fraction of sp³-hybridized carbons (Fsp3) is 0.417. The summed E-state index contributed by atoms with van der Waals surface area (Å²) in [5.41, 5.74) is 4.68. The molecule has 0 saturated heterocycles. The number of aromatic nitrogens is 3. The lowest BCUT2D eigenvalue weighted by Gasteiger charge is -2.32. The second-order valence-corrected chi connectivity index (χ2v) is 8.26. The number of fused-ring (bicyclic) bond motifs is 3. The molecule has 5 heteroatoms. The summed E-state index contributed by atoms with van der Waals surface area (Å²) in [5.74, 6) is 0.337. The molecule has 1 aliphatic carbocycles. The van der Waals surface area contributed by atoms with Crippen LogP contribution in [0.2, 0.25) is 0 Å². The van der Waals surface area contributed by atoms with E-state index in [-0.39, 0.29) is 18.2 Å². The van der Waals surface area contributed by atoms with Crippen molar-refractivity contribution in [2.75, 3.05) is 0 Å². The zero-order chi connectivity index (χ0) is 19.6. The summed E-state index contributed by atoms with van der Waals surface area (Å²) in [6.07, 6.45) is 10.4.